The normalized spacial score (nSPS) is 11.5. The van der Waals surface area contributed by atoms with Crippen molar-refractivity contribution in [3.63, 3.8) is 0 Å². The van der Waals surface area contributed by atoms with Crippen LogP contribution >= 0.6 is 0 Å². The lowest BCUT2D eigenvalue weighted by molar-refractivity contribution is -0.0512. The van der Waals surface area contributed by atoms with Crippen LogP contribution in [0.1, 0.15) is 15.9 Å². The molecule has 2 rings (SSSR count). The fourth-order valence-corrected chi connectivity index (χ4v) is 3.19. The van der Waals surface area contributed by atoms with Crippen LogP contribution in [-0.4, -0.2) is 46.4 Å². The molecule has 10 heteroatoms. The van der Waals surface area contributed by atoms with Crippen molar-refractivity contribution in [3.05, 3.63) is 53.6 Å². The Morgan fingerprint density at radius 2 is 1.75 bits per heavy atom. The second-order valence-electron chi connectivity index (χ2n) is 5.86. The summed E-state index contributed by atoms with van der Waals surface area (Å²) in [6, 6.07) is 9.87. The fourth-order valence-electron chi connectivity index (χ4n) is 2.29. The number of sulfonamides is 1. The average Bonchev–Trinajstić information content (AvgIpc) is 2.65. The minimum Gasteiger partial charge on any atom is -0.493 e. The quantitative estimate of drug-likeness (QED) is 0.717. The van der Waals surface area contributed by atoms with Crippen molar-refractivity contribution < 1.29 is 31.5 Å². The summed E-state index contributed by atoms with van der Waals surface area (Å²) >= 11 is 0. The number of hydrogen-bond donors (Lipinski definition) is 1. The van der Waals surface area contributed by atoms with Gasteiger partial charge >= 0.3 is 6.61 Å². The molecule has 0 saturated carbocycles. The van der Waals surface area contributed by atoms with E-state index in [1.165, 1.54) is 57.6 Å². The number of nitrogens with zero attached hydrogens (tertiary/aromatic N) is 1. The Kier molecular flexibility index (Phi) is 6.92. The number of amides is 1. The van der Waals surface area contributed by atoms with Crippen LogP contribution in [0.15, 0.2) is 47.4 Å². The topological polar surface area (TPSA) is 84.9 Å². The van der Waals surface area contributed by atoms with Crippen molar-refractivity contribution >= 4 is 15.9 Å². The highest BCUT2D eigenvalue weighted by Gasteiger charge is 2.17. The van der Waals surface area contributed by atoms with Crippen LogP contribution < -0.4 is 14.8 Å². The summed E-state index contributed by atoms with van der Waals surface area (Å²) in [6.07, 6.45) is 0. The summed E-state index contributed by atoms with van der Waals surface area (Å²) in [7, 11) is 0.574. The van der Waals surface area contributed by atoms with Crippen LogP contribution in [0, 0.1) is 0 Å². The molecule has 0 aliphatic carbocycles. The third kappa shape index (κ3) is 5.17. The van der Waals surface area contributed by atoms with Gasteiger partial charge in [0.15, 0.2) is 11.5 Å². The molecule has 2 aromatic rings. The lowest BCUT2D eigenvalue weighted by Crippen LogP contribution is -2.24. The van der Waals surface area contributed by atoms with E-state index in [1.54, 1.807) is 6.07 Å². The monoisotopic (exact) mass is 414 g/mol. The van der Waals surface area contributed by atoms with Crippen LogP contribution in [0.3, 0.4) is 0 Å². The maximum atomic E-state index is 12.5. The van der Waals surface area contributed by atoms with E-state index >= 15 is 0 Å². The lowest BCUT2D eigenvalue weighted by Gasteiger charge is -2.13. The van der Waals surface area contributed by atoms with Crippen LogP contribution in [0.25, 0.3) is 0 Å². The van der Waals surface area contributed by atoms with Gasteiger partial charge in [-0.05, 0) is 42.0 Å². The molecular weight excluding hydrogens is 394 g/mol. The molecule has 2 aromatic carbocycles. The molecule has 28 heavy (non-hydrogen) atoms. The molecule has 152 valence electrons. The fraction of sp³-hybridized carbons (Fsp3) is 0.278. The molecule has 0 unspecified atom stereocenters. The third-order valence-electron chi connectivity index (χ3n) is 3.79. The van der Waals surface area contributed by atoms with E-state index in [2.05, 4.69) is 10.1 Å². The summed E-state index contributed by atoms with van der Waals surface area (Å²) in [6.45, 7) is -2.95. The van der Waals surface area contributed by atoms with Crippen molar-refractivity contribution in [2.75, 3.05) is 21.2 Å². The molecule has 0 atom stereocenters. The molecule has 0 spiro atoms. The van der Waals surface area contributed by atoms with Gasteiger partial charge in [0.25, 0.3) is 5.91 Å². The lowest BCUT2D eigenvalue weighted by atomic mass is 10.1. The van der Waals surface area contributed by atoms with Gasteiger partial charge in [-0.1, -0.05) is 6.07 Å². The molecule has 0 saturated heterocycles. The van der Waals surface area contributed by atoms with Gasteiger partial charge < -0.3 is 14.8 Å². The van der Waals surface area contributed by atoms with Crippen LogP contribution in [-0.2, 0) is 16.6 Å². The zero-order valence-corrected chi connectivity index (χ0v) is 16.3. The number of carbonyl (C=O) groups is 1. The van der Waals surface area contributed by atoms with Crippen LogP contribution in [0.2, 0.25) is 0 Å². The average molecular weight is 414 g/mol. The minimum atomic E-state index is -3.58. The number of ether oxygens (including phenoxy) is 2. The number of carbonyl (C=O) groups excluding carboxylic acids is 1. The van der Waals surface area contributed by atoms with Gasteiger partial charge in [0.2, 0.25) is 10.0 Å². The summed E-state index contributed by atoms with van der Waals surface area (Å²) in [5.74, 6) is -0.434. The largest absolute Gasteiger partial charge is 0.493 e. The second kappa shape index (κ2) is 8.98. The van der Waals surface area contributed by atoms with Crippen LogP contribution in [0.5, 0.6) is 11.5 Å². The summed E-state index contributed by atoms with van der Waals surface area (Å²) in [4.78, 5) is 12.3. The maximum absolute atomic E-state index is 12.5. The highest BCUT2D eigenvalue weighted by Crippen LogP contribution is 2.29. The predicted molar refractivity (Wildman–Crippen MR) is 98.1 cm³/mol. The van der Waals surface area contributed by atoms with Crippen molar-refractivity contribution in [1.82, 2.24) is 9.62 Å². The maximum Gasteiger partial charge on any atom is 0.387 e. The van der Waals surface area contributed by atoms with Gasteiger partial charge in [-0.15, -0.1) is 0 Å². The Morgan fingerprint density at radius 3 is 2.29 bits per heavy atom. The second-order valence-corrected chi connectivity index (χ2v) is 8.01. The standard InChI is InChI=1S/C18H20F2N2O5S/c1-22(2)28(24,25)14-7-5-13(6-8-14)17(23)21-11-12-4-9-15(26-3)16(10-12)27-18(19)20/h4-10,18H,11H2,1-3H3,(H,21,23). The minimum absolute atomic E-state index is 0.0557. The van der Waals surface area contributed by atoms with Gasteiger partial charge in [0.1, 0.15) is 0 Å². The third-order valence-corrected chi connectivity index (χ3v) is 5.62. The Morgan fingerprint density at radius 1 is 1.11 bits per heavy atom. The Balaban J connectivity index is 2.08. The smallest absolute Gasteiger partial charge is 0.387 e. The highest BCUT2D eigenvalue weighted by molar-refractivity contribution is 7.89. The van der Waals surface area contributed by atoms with Crippen molar-refractivity contribution in [3.8, 4) is 11.5 Å². The number of nitrogens with one attached hydrogen (secondary N) is 1. The first-order valence-electron chi connectivity index (χ1n) is 8.07. The molecular formula is C18H20F2N2O5S. The summed E-state index contributed by atoms with van der Waals surface area (Å²) in [5, 5.41) is 2.63. The molecule has 7 nitrogen and oxygen atoms in total. The van der Waals surface area contributed by atoms with Crippen LogP contribution in [0.4, 0.5) is 8.78 Å². The first-order valence-corrected chi connectivity index (χ1v) is 9.51. The van der Waals surface area contributed by atoms with E-state index < -0.39 is 22.5 Å². The van der Waals surface area contributed by atoms with E-state index in [9.17, 15) is 22.0 Å². The van der Waals surface area contributed by atoms with Gasteiger partial charge in [-0.25, -0.2) is 12.7 Å². The Hall–Kier alpha value is -2.72. The number of methoxy groups -OCH3 is 1. The number of hydrogen-bond acceptors (Lipinski definition) is 5. The predicted octanol–water partition coefficient (Wildman–Crippen LogP) is 2.48. The van der Waals surface area contributed by atoms with Crippen molar-refractivity contribution in [2.24, 2.45) is 0 Å². The first-order chi connectivity index (χ1) is 13.1. The molecule has 0 radical (unpaired) electrons. The van der Waals surface area contributed by atoms with E-state index in [4.69, 9.17) is 4.74 Å². The summed E-state index contributed by atoms with van der Waals surface area (Å²) < 4.78 is 59.5. The van der Waals surface area contributed by atoms with Crippen molar-refractivity contribution in [1.29, 1.82) is 0 Å². The molecule has 0 fully saturated rings. The van der Waals surface area contributed by atoms with E-state index in [0.29, 0.717) is 5.56 Å². The number of benzene rings is 2. The number of rotatable bonds is 8. The van der Waals surface area contributed by atoms with E-state index in [1.807, 2.05) is 0 Å². The first kappa shape index (κ1) is 21.6. The van der Waals surface area contributed by atoms with E-state index in [-0.39, 0.29) is 28.5 Å². The van der Waals surface area contributed by atoms with Gasteiger partial charge in [0, 0.05) is 26.2 Å². The molecule has 0 aromatic heterocycles. The molecule has 0 heterocycles. The highest BCUT2D eigenvalue weighted by atomic mass is 32.2. The zero-order chi connectivity index (χ0) is 20.9. The van der Waals surface area contributed by atoms with Gasteiger partial charge in [0.05, 0.1) is 12.0 Å². The molecule has 0 aliphatic heterocycles. The van der Waals surface area contributed by atoms with E-state index in [0.717, 1.165) is 4.31 Å². The number of alkyl halides is 2. The summed E-state index contributed by atoms with van der Waals surface area (Å²) in [5.41, 5.74) is 0.784. The Labute approximate surface area is 161 Å². The van der Waals surface area contributed by atoms with Gasteiger partial charge in [-0.3, -0.25) is 4.79 Å². The molecule has 0 aliphatic rings. The molecule has 1 amide bonds. The van der Waals surface area contributed by atoms with Gasteiger partial charge in [-0.2, -0.15) is 8.78 Å². The SMILES string of the molecule is COc1ccc(CNC(=O)c2ccc(S(=O)(=O)N(C)C)cc2)cc1OC(F)F. The number of halogens is 2. The molecule has 1 N–H and O–H groups in total. The zero-order valence-electron chi connectivity index (χ0n) is 15.5. The Bertz CT molecular complexity index is 931. The van der Waals surface area contributed by atoms with Crippen molar-refractivity contribution in [2.45, 2.75) is 18.1 Å². The molecule has 0 bridgehead atoms.